The third-order valence-corrected chi connectivity index (χ3v) is 4.30. The van der Waals surface area contributed by atoms with Gasteiger partial charge in [0.25, 0.3) is 0 Å². The van der Waals surface area contributed by atoms with E-state index in [1.165, 1.54) is 0 Å². The molecule has 2 fully saturated rings. The standard InChI is InChI=1S/C14H27N3O2/c1-5-15-13(16-7-9-18-4)17-11-10-6-8-19-12(10)14(11,2)3/h10-12H,5-9H2,1-4H3,(H2,15,16,17). The zero-order valence-corrected chi connectivity index (χ0v) is 12.5. The first-order valence-corrected chi connectivity index (χ1v) is 7.26. The van der Waals surface area contributed by atoms with Gasteiger partial charge in [-0.25, -0.2) is 0 Å². The number of nitrogens with one attached hydrogen (secondary N) is 2. The number of aliphatic imine (C=N–C) groups is 1. The van der Waals surface area contributed by atoms with Gasteiger partial charge in [0.15, 0.2) is 5.96 Å². The summed E-state index contributed by atoms with van der Waals surface area (Å²) < 4.78 is 10.9. The fourth-order valence-electron chi connectivity index (χ4n) is 3.33. The number of hydrogen-bond acceptors (Lipinski definition) is 3. The zero-order chi connectivity index (χ0) is 13.9. The van der Waals surface area contributed by atoms with Crippen LogP contribution in [0, 0.1) is 11.3 Å². The molecule has 2 rings (SSSR count). The number of fused-ring (bicyclic) bond motifs is 1. The summed E-state index contributed by atoms with van der Waals surface area (Å²) in [5.74, 6) is 1.52. The Morgan fingerprint density at radius 2 is 2.26 bits per heavy atom. The van der Waals surface area contributed by atoms with Crippen molar-refractivity contribution in [2.24, 2.45) is 16.3 Å². The SMILES string of the molecule is CCNC(=NCCOC)NC1C2CCOC2C1(C)C. The molecule has 3 unspecified atom stereocenters. The Balaban J connectivity index is 1.95. The second-order valence-electron chi connectivity index (χ2n) is 5.94. The van der Waals surface area contributed by atoms with Crippen molar-refractivity contribution in [2.75, 3.05) is 33.4 Å². The molecule has 110 valence electrons. The lowest BCUT2D eigenvalue weighted by atomic mass is 9.57. The van der Waals surface area contributed by atoms with Crippen LogP contribution in [0.3, 0.4) is 0 Å². The normalized spacial score (nSPS) is 32.6. The van der Waals surface area contributed by atoms with Crippen LogP contribution in [0.15, 0.2) is 4.99 Å². The lowest BCUT2D eigenvalue weighted by Crippen LogP contribution is -2.68. The van der Waals surface area contributed by atoms with Gasteiger partial charge >= 0.3 is 0 Å². The Labute approximate surface area is 116 Å². The van der Waals surface area contributed by atoms with Crippen molar-refractivity contribution in [1.29, 1.82) is 0 Å². The van der Waals surface area contributed by atoms with E-state index in [0.29, 0.717) is 31.2 Å². The number of hydrogen-bond donors (Lipinski definition) is 2. The van der Waals surface area contributed by atoms with E-state index in [9.17, 15) is 0 Å². The summed E-state index contributed by atoms with van der Waals surface area (Å²) in [6.07, 6.45) is 1.57. The van der Waals surface area contributed by atoms with Gasteiger partial charge in [0.05, 0.1) is 19.3 Å². The molecule has 1 saturated heterocycles. The molecule has 1 heterocycles. The molecule has 0 amide bonds. The molecular weight excluding hydrogens is 242 g/mol. The molecule has 1 saturated carbocycles. The topological polar surface area (TPSA) is 54.9 Å². The minimum Gasteiger partial charge on any atom is -0.383 e. The third-order valence-electron chi connectivity index (χ3n) is 4.30. The molecule has 5 nitrogen and oxygen atoms in total. The number of guanidine groups is 1. The van der Waals surface area contributed by atoms with Crippen LogP contribution in [0.5, 0.6) is 0 Å². The van der Waals surface area contributed by atoms with Crippen LogP contribution in [0.2, 0.25) is 0 Å². The molecular formula is C14H27N3O2. The first-order chi connectivity index (χ1) is 9.11. The second kappa shape index (κ2) is 6.09. The van der Waals surface area contributed by atoms with Crippen LogP contribution < -0.4 is 10.6 Å². The minimum atomic E-state index is 0.179. The molecule has 1 aliphatic carbocycles. The van der Waals surface area contributed by atoms with Crippen LogP contribution >= 0.6 is 0 Å². The molecule has 0 aromatic rings. The van der Waals surface area contributed by atoms with Crippen LogP contribution in [0.1, 0.15) is 27.2 Å². The molecule has 19 heavy (non-hydrogen) atoms. The highest BCUT2D eigenvalue weighted by atomic mass is 16.5. The summed E-state index contributed by atoms with van der Waals surface area (Å²) in [5.41, 5.74) is 0.179. The minimum absolute atomic E-state index is 0.179. The molecule has 5 heteroatoms. The molecule has 2 aliphatic rings. The van der Waals surface area contributed by atoms with E-state index in [1.54, 1.807) is 7.11 Å². The fraction of sp³-hybridized carbons (Fsp3) is 0.929. The van der Waals surface area contributed by atoms with Crippen molar-refractivity contribution in [2.45, 2.75) is 39.3 Å². The van der Waals surface area contributed by atoms with Gasteiger partial charge in [0.1, 0.15) is 0 Å². The van der Waals surface area contributed by atoms with E-state index in [2.05, 4.69) is 36.4 Å². The third kappa shape index (κ3) is 2.87. The molecule has 2 N–H and O–H groups in total. The van der Waals surface area contributed by atoms with Crippen molar-refractivity contribution in [3.63, 3.8) is 0 Å². The second-order valence-corrected chi connectivity index (χ2v) is 5.94. The Morgan fingerprint density at radius 3 is 2.95 bits per heavy atom. The molecule has 0 spiro atoms. The first kappa shape index (κ1) is 14.6. The van der Waals surface area contributed by atoms with Crippen LogP contribution in [-0.4, -0.2) is 51.5 Å². The quantitative estimate of drug-likeness (QED) is 0.444. The smallest absolute Gasteiger partial charge is 0.191 e. The van der Waals surface area contributed by atoms with E-state index in [1.807, 2.05) is 0 Å². The van der Waals surface area contributed by atoms with Crippen molar-refractivity contribution >= 4 is 5.96 Å². The zero-order valence-electron chi connectivity index (χ0n) is 12.5. The van der Waals surface area contributed by atoms with Gasteiger partial charge in [-0.15, -0.1) is 0 Å². The molecule has 0 aromatic heterocycles. The van der Waals surface area contributed by atoms with Gasteiger partial charge in [-0.05, 0) is 13.3 Å². The van der Waals surface area contributed by atoms with Crippen molar-refractivity contribution in [1.82, 2.24) is 10.6 Å². The molecule has 3 atom stereocenters. The molecule has 0 radical (unpaired) electrons. The Hall–Kier alpha value is -0.810. The summed E-state index contributed by atoms with van der Waals surface area (Å²) in [5, 5.41) is 6.88. The number of nitrogens with zero attached hydrogens (tertiary/aromatic N) is 1. The van der Waals surface area contributed by atoms with Gasteiger partial charge in [-0.2, -0.15) is 0 Å². The number of rotatable bonds is 5. The monoisotopic (exact) mass is 269 g/mol. The Bertz CT molecular complexity index is 331. The van der Waals surface area contributed by atoms with Crippen LogP contribution in [-0.2, 0) is 9.47 Å². The summed E-state index contributed by atoms with van der Waals surface area (Å²) in [6.45, 7) is 9.74. The van der Waals surface area contributed by atoms with E-state index < -0.39 is 0 Å². The van der Waals surface area contributed by atoms with Crippen molar-refractivity contribution in [3.05, 3.63) is 0 Å². The average Bonchev–Trinajstić information content (AvgIpc) is 2.82. The van der Waals surface area contributed by atoms with Crippen molar-refractivity contribution < 1.29 is 9.47 Å². The fourth-order valence-corrected chi connectivity index (χ4v) is 3.33. The Morgan fingerprint density at radius 1 is 1.47 bits per heavy atom. The van der Waals surface area contributed by atoms with Crippen LogP contribution in [0.25, 0.3) is 0 Å². The predicted molar refractivity (Wildman–Crippen MR) is 76.4 cm³/mol. The number of ether oxygens (including phenoxy) is 2. The first-order valence-electron chi connectivity index (χ1n) is 7.26. The van der Waals surface area contributed by atoms with Gasteiger partial charge in [-0.1, -0.05) is 13.8 Å². The van der Waals surface area contributed by atoms with E-state index in [-0.39, 0.29) is 5.41 Å². The maximum absolute atomic E-state index is 5.82. The van der Waals surface area contributed by atoms with E-state index >= 15 is 0 Å². The molecule has 1 aliphatic heterocycles. The van der Waals surface area contributed by atoms with Gasteiger partial charge in [-0.3, -0.25) is 4.99 Å². The van der Waals surface area contributed by atoms with Gasteiger partial charge in [0, 0.05) is 37.6 Å². The van der Waals surface area contributed by atoms with Gasteiger partial charge in [0.2, 0.25) is 0 Å². The summed E-state index contributed by atoms with van der Waals surface area (Å²) in [4.78, 5) is 4.53. The lowest BCUT2D eigenvalue weighted by Gasteiger charge is -2.54. The van der Waals surface area contributed by atoms with Crippen molar-refractivity contribution in [3.8, 4) is 0 Å². The molecule has 0 aromatic carbocycles. The maximum atomic E-state index is 5.82. The van der Waals surface area contributed by atoms with E-state index in [4.69, 9.17) is 9.47 Å². The summed E-state index contributed by atoms with van der Waals surface area (Å²) >= 11 is 0. The number of methoxy groups -OCH3 is 1. The Kier molecular flexibility index (Phi) is 4.68. The lowest BCUT2D eigenvalue weighted by molar-refractivity contribution is -0.106. The van der Waals surface area contributed by atoms with Crippen LogP contribution in [0.4, 0.5) is 0 Å². The largest absolute Gasteiger partial charge is 0.383 e. The maximum Gasteiger partial charge on any atom is 0.191 e. The highest BCUT2D eigenvalue weighted by molar-refractivity contribution is 5.80. The van der Waals surface area contributed by atoms with E-state index in [0.717, 1.165) is 25.5 Å². The predicted octanol–water partition coefficient (Wildman–Crippen LogP) is 1.00. The average molecular weight is 269 g/mol. The highest BCUT2D eigenvalue weighted by Gasteiger charge is 2.59. The summed E-state index contributed by atoms with van der Waals surface area (Å²) in [6, 6.07) is 0.445. The highest BCUT2D eigenvalue weighted by Crippen LogP contribution is 2.51. The van der Waals surface area contributed by atoms with Gasteiger partial charge < -0.3 is 20.1 Å². The molecule has 0 bridgehead atoms. The summed E-state index contributed by atoms with van der Waals surface area (Å²) in [7, 11) is 1.70.